The highest BCUT2D eigenvalue weighted by atomic mass is 79.9. The molecule has 2 bridgehead atoms. The summed E-state index contributed by atoms with van der Waals surface area (Å²) < 4.78 is 4.76. The van der Waals surface area contributed by atoms with Crippen LogP contribution < -0.4 is 15.4 Å². The number of alkyl halides is 1. The number of unbranched alkanes of at least 4 members (excludes halogenated alkanes) is 1. The number of fused-ring (bicyclic) bond motifs is 1. The van der Waals surface area contributed by atoms with Crippen molar-refractivity contribution in [3.8, 4) is 5.75 Å². The Bertz CT molecular complexity index is 963. The minimum Gasteiger partial charge on any atom is -0.494 e. The molecule has 0 aliphatic carbocycles. The molecule has 10 heteroatoms. The van der Waals surface area contributed by atoms with E-state index in [1.54, 1.807) is 43.0 Å². The van der Waals surface area contributed by atoms with Crippen LogP contribution in [0.3, 0.4) is 0 Å². The lowest BCUT2D eigenvalue weighted by Gasteiger charge is -2.36. The van der Waals surface area contributed by atoms with Crippen molar-refractivity contribution < 1.29 is 24.2 Å². The highest BCUT2D eigenvalue weighted by Gasteiger charge is 2.75. The van der Waals surface area contributed by atoms with Crippen LogP contribution in [0.2, 0.25) is 0 Å². The van der Waals surface area contributed by atoms with Crippen LogP contribution in [0.25, 0.3) is 0 Å². The number of aliphatic hydroxyl groups excluding tert-OH is 1. The Morgan fingerprint density at radius 1 is 1.29 bits per heavy atom. The second-order valence-corrected chi connectivity index (χ2v) is 12.2. The quantitative estimate of drug-likeness (QED) is 0.296. The highest BCUT2D eigenvalue weighted by molar-refractivity contribution is 9.09. The number of aliphatic hydroxyl groups is 1. The van der Waals surface area contributed by atoms with Crippen LogP contribution in [0.15, 0.2) is 24.3 Å². The Morgan fingerprint density at radius 2 is 2.00 bits per heavy atom. The predicted molar refractivity (Wildman–Crippen MR) is 140 cm³/mol. The van der Waals surface area contributed by atoms with E-state index in [1.165, 1.54) is 4.90 Å². The molecule has 3 saturated heterocycles. The Morgan fingerprint density at radius 3 is 2.63 bits per heavy atom. The third-order valence-electron chi connectivity index (χ3n) is 7.28. The number of likely N-dealkylation sites (tertiary alicyclic amines) is 1. The third kappa shape index (κ3) is 4.57. The van der Waals surface area contributed by atoms with E-state index in [4.69, 9.17) is 4.74 Å². The van der Waals surface area contributed by atoms with Crippen molar-refractivity contribution in [1.82, 2.24) is 10.2 Å². The topological polar surface area (TPSA) is 108 Å². The lowest BCUT2D eigenvalue weighted by Crippen LogP contribution is -2.56. The van der Waals surface area contributed by atoms with E-state index in [1.807, 2.05) is 6.92 Å². The minimum absolute atomic E-state index is 0.00274. The summed E-state index contributed by atoms with van der Waals surface area (Å²) >= 11 is 5.35. The van der Waals surface area contributed by atoms with Crippen molar-refractivity contribution in [3.05, 3.63) is 24.3 Å². The lowest BCUT2D eigenvalue weighted by atomic mass is 9.70. The molecule has 1 aromatic rings. The van der Waals surface area contributed by atoms with E-state index in [-0.39, 0.29) is 34.4 Å². The minimum atomic E-state index is -0.725. The van der Waals surface area contributed by atoms with Crippen molar-refractivity contribution in [3.63, 3.8) is 0 Å². The van der Waals surface area contributed by atoms with E-state index in [0.717, 1.165) is 18.6 Å². The van der Waals surface area contributed by atoms with Gasteiger partial charge in [-0.3, -0.25) is 14.4 Å². The number of rotatable bonds is 10. The van der Waals surface area contributed by atoms with Gasteiger partial charge in [-0.2, -0.15) is 0 Å². The summed E-state index contributed by atoms with van der Waals surface area (Å²) in [4.78, 5) is 42.4. The summed E-state index contributed by atoms with van der Waals surface area (Å²) in [6.45, 7) is 6.56. The molecule has 3 heterocycles. The SMILES string of the molecule is CCCCNC(=O)C1N([C@H](C)CO)C(=O)[C@@H]2[C@H](C(=O)Nc3ccc(OCC)cc3)[C@H]3SC12CC3Br. The number of anilines is 1. The lowest BCUT2D eigenvalue weighted by molar-refractivity contribution is -0.141. The van der Waals surface area contributed by atoms with Gasteiger partial charge in [0, 0.05) is 22.3 Å². The maximum Gasteiger partial charge on any atom is 0.244 e. The molecule has 0 saturated carbocycles. The number of carbonyl (C=O) groups excluding carboxylic acids is 3. The number of hydrogen-bond acceptors (Lipinski definition) is 6. The van der Waals surface area contributed by atoms with Crippen LogP contribution in [0, 0.1) is 11.8 Å². The van der Waals surface area contributed by atoms with Crippen LogP contribution in [-0.4, -0.2) is 74.4 Å². The molecule has 4 rings (SSSR count). The summed E-state index contributed by atoms with van der Waals surface area (Å²) in [6, 6.07) is 5.91. The van der Waals surface area contributed by atoms with E-state index >= 15 is 0 Å². The molecule has 35 heavy (non-hydrogen) atoms. The van der Waals surface area contributed by atoms with Gasteiger partial charge in [-0.25, -0.2) is 0 Å². The summed E-state index contributed by atoms with van der Waals surface area (Å²) in [5.74, 6) is -1.13. The fourth-order valence-corrected chi connectivity index (χ4v) is 9.34. The van der Waals surface area contributed by atoms with Gasteiger partial charge in [0.1, 0.15) is 11.8 Å². The van der Waals surface area contributed by atoms with Crippen LogP contribution in [0.4, 0.5) is 5.69 Å². The molecule has 3 unspecified atom stereocenters. The molecule has 0 aromatic heterocycles. The smallest absolute Gasteiger partial charge is 0.244 e. The number of benzene rings is 1. The summed E-state index contributed by atoms with van der Waals surface area (Å²) in [5, 5.41) is 15.8. The largest absolute Gasteiger partial charge is 0.494 e. The molecule has 3 aliphatic rings. The molecule has 7 atom stereocenters. The average molecular weight is 569 g/mol. The number of thioether (sulfide) groups is 1. The van der Waals surface area contributed by atoms with Gasteiger partial charge in [-0.15, -0.1) is 11.8 Å². The van der Waals surface area contributed by atoms with E-state index in [0.29, 0.717) is 25.3 Å². The van der Waals surface area contributed by atoms with Crippen LogP contribution in [-0.2, 0) is 14.4 Å². The number of carbonyl (C=O) groups is 3. The Labute approximate surface area is 219 Å². The first-order chi connectivity index (χ1) is 16.8. The molecular weight excluding hydrogens is 534 g/mol. The van der Waals surface area contributed by atoms with E-state index in [2.05, 4.69) is 33.5 Å². The molecule has 1 aromatic carbocycles. The first-order valence-electron chi connectivity index (χ1n) is 12.3. The van der Waals surface area contributed by atoms with Gasteiger partial charge < -0.3 is 25.4 Å². The van der Waals surface area contributed by atoms with E-state index < -0.39 is 28.7 Å². The van der Waals surface area contributed by atoms with Crippen molar-refractivity contribution in [2.45, 2.75) is 66.9 Å². The molecule has 3 N–H and O–H groups in total. The second-order valence-electron chi connectivity index (χ2n) is 9.53. The second kappa shape index (κ2) is 10.7. The monoisotopic (exact) mass is 567 g/mol. The normalized spacial score (nSPS) is 31.9. The van der Waals surface area contributed by atoms with Gasteiger partial charge >= 0.3 is 0 Å². The molecule has 3 amide bonds. The molecular formula is C25H34BrN3O5S. The van der Waals surface area contributed by atoms with Crippen molar-refractivity contribution in [2.24, 2.45) is 11.8 Å². The Kier molecular flexibility index (Phi) is 8.02. The first-order valence-corrected chi connectivity index (χ1v) is 14.1. The van der Waals surface area contributed by atoms with Crippen molar-refractivity contribution >= 4 is 51.1 Å². The number of halogens is 1. The number of nitrogens with one attached hydrogen (secondary N) is 2. The standard InChI is InChI=1S/C25H34BrN3O5S/c1-4-6-11-27-23(32)21-25-12-17(26)20(35-25)18(19(25)24(33)29(21)14(3)13-30)22(31)28-15-7-9-16(10-8-15)34-5-2/h7-10,14,17-21,30H,4-6,11-13H2,1-3H3,(H,27,32)(H,28,31)/t14-,17?,18+,19+,20+,21?,25?/m1/s1. The van der Waals surface area contributed by atoms with Gasteiger partial charge in [0.05, 0.1) is 35.8 Å². The first kappa shape index (κ1) is 26.3. The van der Waals surface area contributed by atoms with E-state index in [9.17, 15) is 19.5 Å². The number of amides is 3. The van der Waals surface area contributed by atoms with Gasteiger partial charge in [0.25, 0.3) is 0 Å². The molecule has 3 fully saturated rings. The summed E-state index contributed by atoms with van der Waals surface area (Å²) in [7, 11) is 0. The van der Waals surface area contributed by atoms with Gasteiger partial charge in [0.2, 0.25) is 17.7 Å². The van der Waals surface area contributed by atoms with Gasteiger partial charge in [-0.1, -0.05) is 29.3 Å². The predicted octanol–water partition coefficient (Wildman–Crippen LogP) is 2.79. The average Bonchev–Trinajstić information content (AvgIpc) is 3.43. The molecule has 8 nitrogen and oxygen atoms in total. The fourth-order valence-electron chi connectivity index (χ4n) is 5.74. The molecule has 3 aliphatic heterocycles. The molecule has 192 valence electrons. The van der Waals surface area contributed by atoms with Crippen LogP contribution >= 0.6 is 27.7 Å². The maximum atomic E-state index is 13.8. The number of nitrogens with zero attached hydrogens (tertiary/aromatic N) is 1. The van der Waals surface area contributed by atoms with Crippen LogP contribution in [0.5, 0.6) is 5.75 Å². The zero-order chi connectivity index (χ0) is 25.3. The van der Waals surface area contributed by atoms with Crippen molar-refractivity contribution in [1.29, 1.82) is 0 Å². The third-order valence-corrected chi connectivity index (χ3v) is 10.5. The number of ether oxygens (including phenoxy) is 1. The van der Waals surface area contributed by atoms with Crippen LogP contribution in [0.1, 0.15) is 40.0 Å². The summed E-state index contributed by atoms with van der Waals surface area (Å²) in [5.41, 5.74) is 0.631. The molecule has 1 spiro atoms. The zero-order valence-corrected chi connectivity index (χ0v) is 22.7. The maximum absolute atomic E-state index is 13.8. The zero-order valence-electron chi connectivity index (χ0n) is 20.3. The fraction of sp³-hybridized carbons (Fsp3) is 0.640. The Balaban J connectivity index is 1.63. The van der Waals surface area contributed by atoms with Gasteiger partial charge in [0.15, 0.2) is 0 Å². The van der Waals surface area contributed by atoms with Crippen molar-refractivity contribution in [2.75, 3.05) is 25.1 Å². The number of hydrogen-bond donors (Lipinski definition) is 3. The summed E-state index contributed by atoms with van der Waals surface area (Å²) in [6.07, 6.45) is 2.41. The highest BCUT2D eigenvalue weighted by Crippen LogP contribution is 2.68. The Hall–Kier alpha value is -1.78. The van der Waals surface area contributed by atoms with Gasteiger partial charge in [-0.05, 0) is 51.0 Å². The molecule has 0 radical (unpaired) electrons.